The van der Waals surface area contributed by atoms with Gasteiger partial charge >= 0.3 is 0 Å². The summed E-state index contributed by atoms with van der Waals surface area (Å²) in [5.41, 5.74) is 0.704. The number of amides is 1. The molecule has 126 valence electrons. The van der Waals surface area contributed by atoms with Gasteiger partial charge in [0.15, 0.2) is 0 Å². The third kappa shape index (κ3) is 4.31. The fourth-order valence-electron chi connectivity index (χ4n) is 2.00. The summed E-state index contributed by atoms with van der Waals surface area (Å²) in [6.07, 6.45) is 4.33. The lowest BCUT2D eigenvalue weighted by atomic mass is 10.3. The molecular formula is C17H13F2N5O. The van der Waals surface area contributed by atoms with Crippen molar-refractivity contribution in [2.45, 2.75) is 6.54 Å². The summed E-state index contributed by atoms with van der Waals surface area (Å²) in [7, 11) is 0. The van der Waals surface area contributed by atoms with Crippen molar-refractivity contribution in [1.82, 2.24) is 15.0 Å². The Morgan fingerprint density at radius 2 is 1.92 bits per heavy atom. The normalized spacial score (nSPS) is 10.3. The Morgan fingerprint density at radius 1 is 1.04 bits per heavy atom. The van der Waals surface area contributed by atoms with E-state index in [9.17, 15) is 13.6 Å². The average molecular weight is 341 g/mol. The van der Waals surface area contributed by atoms with Crippen LogP contribution >= 0.6 is 0 Å². The van der Waals surface area contributed by atoms with E-state index in [2.05, 4.69) is 25.6 Å². The number of nitrogens with zero attached hydrogens (tertiary/aromatic N) is 3. The predicted molar refractivity (Wildman–Crippen MR) is 87.9 cm³/mol. The zero-order valence-electron chi connectivity index (χ0n) is 12.9. The van der Waals surface area contributed by atoms with Gasteiger partial charge in [-0.05, 0) is 24.3 Å². The quantitative estimate of drug-likeness (QED) is 0.746. The van der Waals surface area contributed by atoms with Gasteiger partial charge in [0, 0.05) is 12.3 Å². The Kier molecular flexibility index (Phi) is 4.89. The van der Waals surface area contributed by atoms with E-state index in [4.69, 9.17) is 0 Å². The van der Waals surface area contributed by atoms with Gasteiger partial charge in [0.25, 0.3) is 5.91 Å². The summed E-state index contributed by atoms with van der Waals surface area (Å²) in [5.74, 6) is -1.77. The zero-order chi connectivity index (χ0) is 17.6. The van der Waals surface area contributed by atoms with Crippen molar-refractivity contribution in [2.24, 2.45) is 0 Å². The van der Waals surface area contributed by atoms with Crippen LogP contribution in [-0.2, 0) is 6.54 Å². The van der Waals surface area contributed by atoms with Crippen molar-refractivity contribution in [1.29, 1.82) is 0 Å². The van der Waals surface area contributed by atoms with Crippen LogP contribution in [0.4, 0.5) is 20.3 Å². The molecule has 3 rings (SSSR count). The van der Waals surface area contributed by atoms with Gasteiger partial charge in [-0.1, -0.05) is 6.07 Å². The molecule has 0 aliphatic rings. The number of carbonyl (C=O) groups is 1. The van der Waals surface area contributed by atoms with Gasteiger partial charge in [0.2, 0.25) is 0 Å². The molecule has 0 saturated heterocycles. The highest BCUT2D eigenvalue weighted by molar-refractivity contribution is 6.02. The first kappa shape index (κ1) is 16.4. The molecule has 2 heterocycles. The number of benzene rings is 1. The first-order valence-corrected chi connectivity index (χ1v) is 7.34. The van der Waals surface area contributed by atoms with Gasteiger partial charge in [0.1, 0.15) is 23.1 Å². The molecule has 6 nitrogen and oxygen atoms in total. The SMILES string of the molecule is O=C(Nc1ccc(F)cc1F)c1cnc(NCc2ccccn2)cn1. The molecule has 0 aliphatic heterocycles. The van der Waals surface area contributed by atoms with Crippen LogP contribution in [0.5, 0.6) is 0 Å². The first-order valence-electron chi connectivity index (χ1n) is 7.34. The van der Waals surface area contributed by atoms with E-state index in [-0.39, 0.29) is 11.4 Å². The van der Waals surface area contributed by atoms with E-state index in [1.165, 1.54) is 12.4 Å². The van der Waals surface area contributed by atoms with E-state index < -0.39 is 17.5 Å². The largest absolute Gasteiger partial charge is 0.363 e. The maximum Gasteiger partial charge on any atom is 0.275 e. The Morgan fingerprint density at radius 3 is 2.60 bits per heavy atom. The number of rotatable bonds is 5. The maximum absolute atomic E-state index is 13.5. The van der Waals surface area contributed by atoms with E-state index >= 15 is 0 Å². The van der Waals surface area contributed by atoms with Crippen LogP contribution in [0.15, 0.2) is 55.0 Å². The smallest absolute Gasteiger partial charge is 0.275 e. The van der Waals surface area contributed by atoms with E-state index in [1.54, 1.807) is 6.20 Å². The Hall–Kier alpha value is -3.42. The van der Waals surface area contributed by atoms with Crippen molar-refractivity contribution in [3.05, 3.63) is 78.0 Å². The van der Waals surface area contributed by atoms with Crippen LogP contribution in [0.1, 0.15) is 16.2 Å². The van der Waals surface area contributed by atoms with Crippen LogP contribution in [0.3, 0.4) is 0 Å². The van der Waals surface area contributed by atoms with Gasteiger partial charge in [0.05, 0.1) is 30.3 Å². The monoisotopic (exact) mass is 341 g/mol. The molecular weight excluding hydrogens is 328 g/mol. The number of aromatic nitrogens is 3. The van der Waals surface area contributed by atoms with Crippen molar-refractivity contribution >= 4 is 17.4 Å². The first-order chi connectivity index (χ1) is 12.1. The molecule has 0 spiro atoms. The zero-order valence-corrected chi connectivity index (χ0v) is 12.9. The fourth-order valence-corrected chi connectivity index (χ4v) is 2.00. The summed E-state index contributed by atoms with van der Waals surface area (Å²) in [4.78, 5) is 24.3. The predicted octanol–water partition coefficient (Wildman–Crippen LogP) is 3.01. The number of nitrogens with one attached hydrogen (secondary N) is 2. The lowest BCUT2D eigenvalue weighted by Crippen LogP contribution is -2.15. The number of pyridine rings is 1. The Labute approximate surface area is 142 Å². The van der Waals surface area contributed by atoms with E-state index in [1.807, 2.05) is 18.2 Å². The average Bonchev–Trinajstić information content (AvgIpc) is 2.63. The third-order valence-corrected chi connectivity index (χ3v) is 3.24. The summed E-state index contributed by atoms with van der Waals surface area (Å²) in [6, 6.07) is 8.43. The highest BCUT2D eigenvalue weighted by Gasteiger charge is 2.12. The minimum absolute atomic E-state index is 0.00658. The molecule has 2 aromatic heterocycles. The number of hydrogen-bond acceptors (Lipinski definition) is 5. The number of halogens is 2. The van der Waals surface area contributed by atoms with Gasteiger partial charge in [-0.2, -0.15) is 0 Å². The van der Waals surface area contributed by atoms with E-state index in [0.717, 1.165) is 17.8 Å². The molecule has 0 unspecified atom stereocenters. The molecule has 2 N–H and O–H groups in total. The molecule has 0 bridgehead atoms. The lowest BCUT2D eigenvalue weighted by Gasteiger charge is -2.07. The fraction of sp³-hybridized carbons (Fsp3) is 0.0588. The van der Waals surface area contributed by atoms with Crippen LogP contribution < -0.4 is 10.6 Å². The summed E-state index contributed by atoms with van der Waals surface area (Å²) >= 11 is 0. The van der Waals surface area contributed by atoms with Crippen LogP contribution in [0.2, 0.25) is 0 Å². The maximum atomic E-state index is 13.5. The van der Waals surface area contributed by atoms with Crippen molar-refractivity contribution in [3.8, 4) is 0 Å². The van der Waals surface area contributed by atoms with Gasteiger partial charge < -0.3 is 10.6 Å². The molecule has 0 fully saturated rings. The van der Waals surface area contributed by atoms with Crippen LogP contribution in [0.25, 0.3) is 0 Å². The number of anilines is 2. The highest BCUT2D eigenvalue weighted by Crippen LogP contribution is 2.15. The minimum Gasteiger partial charge on any atom is -0.363 e. The van der Waals surface area contributed by atoms with Crippen molar-refractivity contribution in [2.75, 3.05) is 10.6 Å². The second-order valence-electron chi connectivity index (χ2n) is 5.04. The molecule has 0 radical (unpaired) electrons. The van der Waals surface area contributed by atoms with Gasteiger partial charge in [-0.25, -0.2) is 18.7 Å². The third-order valence-electron chi connectivity index (χ3n) is 3.24. The van der Waals surface area contributed by atoms with Crippen LogP contribution in [0, 0.1) is 11.6 Å². The molecule has 0 atom stereocenters. The second kappa shape index (κ2) is 7.43. The number of carbonyl (C=O) groups excluding carboxylic acids is 1. The van der Waals surface area contributed by atoms with Crippen molar-refractivity contribution < 1.29 is 13.6 Å². The van der Waals surface area contributed by atoms with Crippen molar-refractivity contribution in [3.63, 3.8) is 0 Å². The molecule has 8 heteroatoms. The molecule has 0 saturated carbocycles. The van der Waals surface area contributed by atoms with Gasteiger partial charge in [-0.15, -0.1) is 0 Å². The summed E-state index contributed by atoms with van der Waals surface area (Å²) in [5, 5.41) is 5.34. The van der Waals surface area contributed by atoms with Crippen LogP contribution in [-0.4, -0.2) is 20.9 Å². The summed E-state index contributed by atoms with van der Waals surface area (Å²) in [6.45, 7) is 0.460. The highest BCUT2D eigenvalue weighted by atomic mass is 19.1. The number of hydrogen-bond donors (Lipinski definition) is 2. The van der Waals surface area contributed by atoms with Gasteiger partial charge in [-0.3, -0.25) is 9.78 Å². The minimum atomic E-state index is -0.866. The molecule has 25 heavy (non-hydrogen) atoms. The standard InChI is InChI=1S/C17H13F2N5O/c18-11-4-5-14(13(19)7-11)24-17(25)15-9-23-16(10-21-15)22-8-12-3-1-2-6-20-12/h1-7,9-10H,8H2,(H,22,23)(H,24,25). The Bertz CT molecular complexity index is 872. The molecule has 1 amide bonds. The summed E-state index contributed by atoms with van der Waals surface area (Å²) < 4.78 is 26.4. The topological polar surface area (TPSA) is 79.8 Å². The molecule has 3 aromatic rings. The molecule has 1 aromatic carbocycles. The lowest BCUT2D eigenvalue weighted by molar-refractivity contribution is 0.102. The van der Waals surface area contributed by atoms with E-state index in [0.29, 0.717) is 18.4 Å². The Balaban J connectivity index is 1.62. The molecule has 0 aliphatic carbocycles. The second-order valence-corrected chi connectivity index (χ2v) is 5.04.